The van der Waals surface area contributed by atoms with Crippen LogP contribution in [0.2, 0.25) is 0 Å². The molecule has 5 heteroatoms. The number of hydrogen-bond donors (Lipinski definition) is 1. The maximum Gasteiger partial charge on any atom is 0.152 e. The molecule has 0 spiro atoms. The molecule has 0 aromatic rings. The number of nitrogens with zero attached hydrogens (tertiary/aromatic N) is 1. The quantitative estimate of drug-likeness (QED) is 0.791. The van der Waals surface area contributed by atoms with Crippen molar-refractivity contribution in [2.24, 2.45) is 11.7 Å². The van der Waals surface area contributed by atoms with Crippen LogP contribution in [0.25, 0.3) is 0 Å². The van der Waals surface area contributed by atoms with Gasteiger partial charge >= 0.3 is 0 Å². The first-order valence-corrected chi connectivity index (χ1v) is 8.48. The summed E-state index contributed by atoms with van der Waals surface area (Å²) in [6, 6.07) is 0. The molecule has 2 rings (SSSR count). The van der Waals surface area contributed by atoms with Crippen molar-refractivity contribution in [1.29, 1.82) is 0 Å². The molecule has 1 heterocycles. The predicted molar refractivity (Wildman–Crippen MR) is 69.6 cm³/mol. The highest BCUT2D eigenvalue weighted by atomic mass is 32.2. The van der Waals surface area contributed by atoms with Crippen LogP contribution in [0.4, 0.5) is 0 Å². The van der Waals surface area contributed by atoms with E-state index in [0.29, 0.717) is 37.1 Å². The molecule has 0 amide bonds. The molecule has 2 N–H and O–H groups in total. The van der Waals surface area contributed by atoms with Crippen molar-refractivity contribution < 1.29 is 8.42 Å². The van der Waals surface area contributed by atoms with Crippen molar-refractivity contribution in [3.63, 3.8) is 0 Å². The first-order valence-electron chi connectivity index (χ1n) is 6.66. The third-order valence-corrected chi connectivity index (χ3v) is 6.35. The SMILES string of the molecule is CC1CCCCC1(CN)N1CCS(=O)(=O)CC1. The molecule has 100 valence electrons. The van der Waals surface area contributed by atoms with Gasteiger partial charge in [0.25, 0.3) is 0 Å². The average molecular weight is 260 g/mol. The van der Waals surface area contributed by atoms with Crippen LogP contribution in [0.1, 0.15) is 32.6 Å². The molecule has 1 aliphatic carbocycles. The predicted octanol–water partition coefficient (Wildman–Crippen LogP) is 0.624. The van der Waals surface area contributed by atoms with Crippen LogP contribution in [0, 0.1) is 5.92 Å². The molecule has 0 aromatic carbocycles. The van der Waals surface area contributed by atoms with E-state index in [2.05, 4.69) is 11.8 Å². The number of rotatable bonds is 2. The van der Waals surface area contributed by atoms with Gasteiger partial charge in [-0.3, -0.25) is 4.90 Å². The van der Waals surface area contributed by atoms with Gasteiger partial charge in [-0.1, -0.05) is 19.8 Å². The second kappa shape index (κ2) is 4.86. The van der Waals surface area contributed by atoms with E-state index in [1.165, 1.54) is 19.3 Å². The molecule has 2 fully saturated rings. The van der Waals surface area contributed by atoms with Gasteiger partial charge in [0.15, 0.2) is 9.84 Å². The Labute approximate surface area is 104 Å². The van der Waals surface area contributed by atoms with Crippen LogP contribution in [-0.4, -0.2) is 50.0 Å². The molecule has 2 aliphatic rings. The van der Waals surface area contributed by atoms with Gasteiger partial charge in [-0.2, -0.15) is 0 Å². The lowest BCUT2D eigenvalue weighted by Crippen LogP contribution is -2.62. The fourth-order valence-corrected chi connectivity index (χ4v) is 4.66. The summed E-state index contributed by atoms with van der Waals surface area (Å²) in [7, 11) is -2.79. The van der Waals surface area contributed by atoms with Crippen molar-refractivity contribution in [3.8, 4) is 0 Å². The largest absolute Gasteiger partial charge is 0.329 e. The smallest absolute Gasteiger partial charge is 0.152 e. The zero-order chi connectivity index (χ0) is 12.5. The van der Waals surface area contributed by atoms with Gasteiger partial charge in [0.1, 0.15) is 0 Å². The minimum absolute atomic E-state index is 0.0637. The zero-order valence-corrected chi connectivity index (χ0v) is 11.5. The summed E-state index contributed by atoms with van der Waals surface area (Å²) in [5.74, 6) is 1.20. The van der Waals surface area contributed by atoms with E-state index in [1.807, 2.05) is 0 Å². The second-order valence-electron chi connectivity index (χ2n) is 5.59. The van der Waals surface area contributed by atoms with E-state index < -0.39 is 9.84 Å². The Morgan fingerprint density at radius 2 is 1.94 bits per heavy atom. The Morgan fingerprint density at radius 3 is 2.47 bits per heavy atom. The van der Waals surface area contributed by atoms with Crippen molar-refractivity contribution in [3.05, 3.63) is 0 Å². The maximum absolute atomic E-state index is 11.5. The molecule has 0 aromatic heterocycles. The Morgan fingerprint density at radius 1 is 1.29 bits per heavy atom. The van der Waals surface area contributed by atoms with Gasteiger partial charge in [0.2, 0.25) is 0 Å². The van der Waals surface area contributed by atoms with Gasteiger partial charge in [0.05, 0.1) is 11.5 Å². The molecular weight excluding hydrogens is 236 g/mol. The lowest BCUT2D eigenvalue weighted by atomic mass is 9.72. The third kappa shape index (κ3) is 2.51. The topological polar surface area (TPSA) is 63.4 Å². The summed E-state index contributed by atoms with van der Waals surface area (Å²) in [6.07, 6.45) is 4.87. The summed E-state index contributed by atoms with van der Waals surface area (Å²) < 4.78 is 23.0. The summed E-state index contributed by atoms with van der Waals surface area (Å²) in [6.45, 7) is 4.27. The fourth-order valence-electron chi connectivity index (χ4n) is 3.46. The highest BCUT2D eigenvalue weighted by Crippen LogP contribution is 2.38. The molecule has 17 heavy (non-hydrogen) atoms. The van der Waals surface area contributed by atoms with Gasteiger partial charge in [0, 0.05) is 25.2 Å². The molecule has 1 saturated heterocycles. The Balaban J connectivity index is 2.13. The Bertz CT molecular complexity index is 355. The normalized spacial score (nSPS) is 39.1. The summed E-state index contributed by atoms with van der Waals surface area (Å²) in [4.78, 5) is 2.36. The lowest BCUT2D eigenvalue weighted by molar-refractivity contribution is 0.0197. The Hall–Kier alpha value is -0.130. The second-order valence-corrected chi connectivity index (χ2v) is 7.90. The summed E-state index contributed by atoms with van der Waals surface area (Å²) in [5, 5.41) is 0. The Kier molecular flexibility index (Phi) is 3.80. The van der Waals surface area contributed by atoms with Gasteiger partial charge in [-0.05, 0) is 18.8 Å². The molecule has 2 unspecified atom stereocenters. The maximum atomic E-state index is 11.5. The fraction of sp³-hybridized carbons (Fsp3) is 1.00. The molecule has 0 radical (unpaired) electrons. The van der Waals surface area contributed by atoms with Gasteiger partial charge < -0.3 is 5.73 Å². The molecule has 4 nitrogen and oxygen atoms in total. The van der Waals surface area contributed by atoms with E-state index in [0.717, 1.165) is 6.42 Å². The summed E-state index contributed by atoms with van der Waals surface area (Å²) in [5.41, 5.74) is 6.10. The van der Waals surface area contributed by atoms with Gasteiger partial charge in [-0.15, -0.1) is 0 Å². The summed E-state index contributed by atoms with van der Waals surface area (Å²) >= 11 is 0. The molecule has 1 saturated carbocycles. The van der Waals surface area contributed by atoms with Crippen molar-refractivity contribution in [1.82, 2.24) is 4.90 Å². The molecule has 0 bridgehead atoms. The molecule has 1 aliphatic heterocycles. The van der Waals surface area contributed by atoms with E-state index in [1.54, 1.807) is 0 Å². The van der Waals surface area contributed by atoms with E-state index >= 15 is 0 Å². The highest BCUT2D eigenvalue weighted by Gasteiger charge is 2.43. The van der Waals surface area contributed by atoms with Crippen molar-refractivity contribution >= 4 is 9.84 Å². The van der Waals surface area contributed by atoms with Gasteiger partial charge in [-0.25, -0.2) is 8.42 Å². The van der Waals surface area contributed by atoms with Crippen LogP contribution >= 0.6 is 0 Å². The average Bonchev–Trinajstić information content (AvgIpc) is 2.30. The van der Waals surface area contributed by atoms with Crippen molar-refractivity contribution in [2.75, 3.05) is 31.1 Å². The van der Waals surface area contributed by atoms with E-state index in [9.17, 15) is 8.42 Å². The number of nitrogens with two attached hydrogens (primary N) is 1. The zero-order valence-electron chi connectivity index (χ0n) is 10.7. The highest BCUT2D eigenvalue weighted by molar-refractivity contribution is 7.91. The van der Waals surface area contributed by atoms with E-state index in [4.69, 9.17) is 5.73 Å². The third-order valence-electron chi connectivity index (χ3n) is 4.74. The van der Waals surface area contributed by atoms with Crippen LogP contribution in [0.15, 0.2) is 0 Å². The van der Waals surface area contributed by atoms with Crippen LogP contribution in [-0.2, 0) is 9.84 Å². The molecular formula is C12H24N2O2S. The van der Waals surface area contributed by atoms with Crippen LogP contribution in [0.5, 0.6) is 0 Å². The lowest BCUT2D eigenvalue weighted by Gasteiger charge is -2.51. The first-order chi connectivity index (χ1) is 8.00. The molecule has 2 atom stereocenters. The number of sulfone groups is 1. The minimum atomic E-state index is -2.79. The standard InChI is InChI=1S/C12H24N2O2S/c1-11-4-2-3-5-12(11,10-13)14-6-8-17(15,16)9-7-14/h11H,2-10,13H2,1H3. The van der Waals surface area contributed by atoms with E-state index in [-0.39, 0.29) is 5.54 Å². The minimum Gasteiger partial charge on any atom is -0.329 e. The monoisotopic (exact) mass is 260 g/mol. The number of hydrogen-bond acceptors (Lipinski definition) is 4. The first kappa shape index (κ1) is 13.3. The van der Waals surface area contributed by atoms with Crippen LogP contribution < -0.4 is 5.73 Å². The van der Waals surface area contributed by atoms with Crippen LogP contribution in [0.3, 0.4) is 0 Å². The van der Waals surface area contributed by atoms with Crippen molar-refractivity contribution in [2.45, 2.75) is 38.1 Å².